The Bertz CT molecular complexity index is 974. The van der Waals surface area contributed by atoms with Gasteiger partial charge >= 0.3 is 0 Å². The van der Waals surface area contributed by atoms with E-state index in [4.69, 9.17) is 15.2 Å². The maximum atomic E-state index is 11.7. The summed E-state index contributed by atoms with van der Waals surface area (Å²) in [5.74, 6) is 0.358. The number of benzene rings is 2. The number of nitrogens with two attached hydrogens (primary N) is 1. The Kier molecular flexibility index (Phi) is 4.83. The number of primary amides is 1. The zero-order valence-corrected chi connectivity index (χ0v) is 15.3. The van der Waals surface area contributed by atoms with Crippen LogP contribution in [0.4, 0.5) is 0 Å². The summed E-state index contributed by atoms with van der Waals surface area (Å²) in [4.78, 5) is 17.2. The van der Waals surface area contributed by atoms with E-state index < -0.39 is 5.91 Å². The van der Waals surface area contributed by atoms with Gasteiger partial charge in [0.05, 0.1) is 31.4 Å². The van der Waals surface area contributed by atoms with Crippen molar-refractivity contribution in [1.29, 1.82) is 0 Å². The molecular formula is C21H23N3O3. The van der Waals surface area contributed by atoms with Gasteiger partial charge in [0.1, 0.15) is 5.75 Å². The van der Waals surface area contributed by atoms with Crippen molar-refractivity contribution in [2.75, 3.05) is 33.4 Å². The van der Waals surface area contributed by atoms with Gasteiger partial charge < -0.3 is 20.2 Å². The van der Waals surface area contributed by atoms with Crippen molar-refractivity contribution in [3.05, 3.63) is 53.7 Å². The molecule has 0 bridgehead atoms. The van der Waals surface area contributed by atoms with Crippen LogP contribution >= 0.6 is 0 Å². The minimum absolute atomic E-state index is 0.443. The summed E-state index contributed by atoms with van der Waals surface area (Å²) >= 11 is 0. The molecule has 6 heteroatoms. The number of morpholine rings is 1. The summed E-state index contributed by atoms with van der Waals surface area (Å²) in [5.41, 5.74) is 9.98. The lowest BCUT2D eigenvalue weighted by atomic mass is 9.96. The normalized spacial score (nSPS) is 15.1. The van der Waals surface area contributed by atoms with Gasteiger partial charge in [0.25, 0.3) is 5.91 Å². The van der Waals surface area contributed by atoms with Crippen molar-refractivity contribution >= 4 is 16.8 Å². The van der Waals surface area contributed by atoms with E-state index in [-0.39, 0.29) is 0 Å². The first kappa shape index (κ1) is 17.6. The zero-order chi connectivity index (χ0) is 18.8. The average molecular weight is 365 g/mol. The third kappa shape index (κ3) is 3.41. The van der Waals surface area contributed by atoms with Crippen molar-refractivity contribution in [1.82, 2.24) is 9.88 Å². The summed E-state index contributed by atoms with van der Waals surface area (Å²) < 4.78 is 11.0. The molecule has 1 aliphatic heterocycles. The number of hydrogen-bond acceptors (Lipinski definition) is 4. The Labute approximate surface area is 157 Å². The topological polar surface area (TPSA) is 80.6 Å². The standard InChI is InChI=1S/C21H23N3O3/c1-26-19-5-2-14(13-24-8-10-27-11-9-24)12-18(19)15-3-4-17(21(22)25)20-16(15)6-7-23-20/h2-7,12,23H,8-11,13H2,1H3,(H2,22,25). The number of carbonyl (C=O) groups is 1. The number of amides is 1. The van der Waals surface area contributed by atoms with Gasteiger partial charge in [0.15, 0.2) is 0 Å². The van der Waals surface area contributed by atoms with E-state index in [0.29, 0.717) is 5.56 Å². The Morgan fingerprint density at radius 2 is 2.00 bits per heavy atom. The van der Waals surface area contributed by atoms with Crippen LogP contribution in [0.5, 0.6) is 5.75 Å². The number of hydrogen-bond donors (Lipinski definition) is 2. The lowest BCUT2D eigenvalue weighted by Crippen LogP contribution is -2.35. The minimum atomic E-state index is -0.443. The van der Waals surface area contributed by atoms with Crippen LogP contribution in [0.25, 0.3) is 22.0 Å². The lowest BCUT2D eigenvalue weighted by molar-refractivity contribution is 0.0342. The third-order valence-electron chi connectivity index (χ3n) is 5.05. The van der Waals surface area contributed by atoms with Crippen LogP contribution < -0.4 is 10.5 Å². The van der Waals surface area contributed by atoms with Crippen LogP contribution in [0.3, 0.4) is 0 Å². The minimum Gasteiger partial charge on any atom is -0.496 e. The fourth-order valence-electron chi connectivity index (χ4n) is 3.68. The molecule has 6 nitrogen and oxygen atoms in total. The lowest BCUT2D eigenvalue weighted by Gasteiger charge is -2.27. The van der Waals surface area contributed by atoms with Crippen molar-refractivity contribution in [3.63, 3.8) is 0 Å². The van der Waals surface area contributed by atoms with Crippen molar-refractivity contribution in [3.8, 4) is 16.9 Å². The van der Waals surface area contributed by atoms with Gasteiger partial charge in [-0.05, 0) is 35.4 Å². The van der Waals surface area contributed by atoms with E-state index in [2.05, 4.69) is 22.0 Å². The molecule has 1 saturated heterocycles. The first-order valence-electron chi connectivity index (χ1n) is 9.04. The van der Waals surface area contributed by atoms with Crippen LogP contribution in [0.15, 0.2) is 42.6 Å². The molecule has 0 spiro atoms. The molecule has 0 radical (unpaired) electrons. The Morgan fingerprint density at radius 3 is 2.74 bits per heavy atom. The molecule has 2 heterocycles. The molecule has 1 fully saturated rings. The summed E-state index contributed by atoms with van der Waals surface area (Å²) in [6, 6.07) is 11.9. The quantitative estimate of drug-likeness (QED) is 0.729. The predicted molar refractivity (Wildman–Crippen MR) is 105 cm³/mol. The van der Waals surface area contributed by atoms with Crippen LogP contribution in [-0.4, -0.2) is 49.2 Å². The highest BCUT2D eigenvalue weighted by molar-refractivity contribution is 6.09. The second-order valence-electron chi connectivity index (χ2n) is 6.71. The van der Waals surface area contributed by atoms with Crippen molar-refractivity contribution < 1.29 is 14.3 Å². The number of nitrogens with zero attached hydrogens (tertiary/aromatic N) is 1. The van der Waals surface area contributed by atoms with E-state index >= 15 is 0 Å². The second kappa shape index (κ2) is 7.42. The highest BCUT2D eigenvalue weighted by Crippen LogP contribution is 2.36. The molecular weight excluding hydrogens is 342 g/mol. The Hall–Kier alpha value is -2.83. The molecule has 0 unspecified atom stereocenters. The number of nitrogens with one attached hydrogen (secondary N) is 1. The average Bonchev–Trinajstić information content (AvgIpc) is 3.17. The number of methoxy groups -OCH3 is 1. The number of fused-ring (bicyclic) bond motifs is 1. The molecule has 1 amide bonds. The van der Waals surface area contributed by atoms with Gasteiger partial charge in [-0.2, -0.15) is 0 Å². The molecule has 4 rings (SSSR count). The number of aromatic amines is 1. The Morgan fingerprint density at radius 1 is 1.19 bits per heavy atom. The number of ether oxygens (including phenoxy) is 2. The van der Waals surface area contributed by atoms with Crippen LogP contribution in [0, 0.1) is 0 Å². The van der Waals surface area contributed by atoms with Gasteiger partial charge in [0, 0.05) is 36.8 Å². The van der Waals surface area contributed by atoms with Crippen molar-refractivity contribution in [2.45, 2.75) is 6.54 Å². The molecule has 2 aromatic carbocycles. The summed E-state index contributed by atoms with van der Waals surface area (Å²) in [7, 11) is 1.67. The number of carbonyl (C=O) groups excluding carboxylic acids is 1. The molecule has 0 atom stereocenters. The van der Waals surface area contributed by atoms with E-state index in [9.17, 15) is 4.79 Å². The SMILES string of the molecule is COc1ccc(CN2CCOCC2)cc1-c1ccc(C(N)=O)c2[nH]ccc12. The fourth-order valence-corrected chi connectivity index (χ4v) is 3.68. The van der Waals surface area contributed by atoms with Crippen LogP contribution in [-0.2, 0) is 11.3 Å². The summed E-state index contributed by atoms with van der Waals surface area (Å²) in [6.07, 6.45) is 1.82. The van der Waals surface area contributed by atoms with Gasteiger partial charge in [-0.3, -0.25) is 9.69 Å². The number of rotatable bonds is 5. The number of aromatic nitrogens is 1. The van der Waals surface area contributed by atoms with Gasteiger partial charge in [-0.15, -0.1) is 0 Å². The second-order valence-corrected chi connectivity index (χ2v) is 6.71. The van der Waals surface area contributed by atoms with Crippen LogP contribution in [0.2, 0.25) is 0 Å². The van der Waals surface area contributed by atoms with E-state index in [1.807, 2.05) is 24.4 Å². The molecule has 3 N–H and O–H groups in total. The molecule has 3 aromatic rings. The van der Waals surface area contributed by atoms with Gasteiger partial charge in [-0.1, -0.05) is 12.1 Å². The summed E-state index contributed by atoms with van der Waals surface area (Å²) in [5, 5.41) is 0.952. The smallest absolute Gasteiger partial charge is 0.250 e. The van der Waals surface area contributed by atoms with E-state index in [1.54, 1.807) is 13.2 Å². The van der Waals surface area contributed by atoms with Gasteiger partial charge in [0.2, 0.25) is 0 Å². The fraction of sp³-hybridized carbons (Fsp3) is 0.286. The molecule has 1 aromatic heterocycles. The maximum absolute atomic E-state index is 11.7. The molecule has 140 valence electrons. The molecule has 0 aliphatic carbocycles. The third-order valence-corrected chi connectivity index (χ3v) is 5.05. The first-order chi connectivity index (χ1) is 13.2. The van der Waals surface area contributed by atoms with Gasteiger partial charge in [-0.25, -0.2) is 0 Å². The van der Waals surface area contributed by atoms with Crippen LogP contribution in [0.1, 0.15) is 15.9 Å². The first-order valence-corrected chi connectivity index (χ1v) is 9.04. The van der Waals surface area contributed by atoms with E-state index in [1.165, 1.54) is 5.56 Å². The largest absolute Gasteiger partial charge is 0.496 e. The summed E-state index contributed by atoms with van der Waals surface area (Å²) in [6.45, 7) is 4.31. The van der Waals surface area contributed by atoms with Crippen molar-refractivity contribution in [2.24, 2.45) is 5.73 Å². The van der Waals surface area contributed by atoms with E-state index in [0.717, 1.165) is 60.6 Å². The highest BCUT2D eigenvalue weighted by atomic mass is 16.5. The zero-order valence-electron chi connectivity index (χ0n) is 15.3. The monoisotopic (exact) mass is 365 g/mol. The molecule has 27 heavy (non-hydrogen) atoms. The maximum Gasteiger partial charge on any atom is 0.250 e. The Balaban J connectivity index is 1.77. The predicted octanol–water partition coefficient (Wildman–Crippen LogP) is 2.77. The number of H-pyrrole nitrogens is 1. The molecule has 1 aliphatic rings. The molecule has 0 saturated carbocycles. The highest BCUT2D eigenvalue weighted by Gasteiger charge is 2.17.